The lowest BCUT2D eigenvalue weighted by Gasteiger charge is -2.34. The molecule has 1 amide bonds. The summed E-state index contributed by atoms with van der Waals surface area (Å²) in [6.07, 6.45) is 4.08. The molecule has 1 aromatic carbocycles. The predicted octanol–water partition coefficient (Wildman–Crippen LogP) is 0.265. The summed E-state index contributed by atoms with van der Waals surface area (Å²) in [6.45, 7) is 2.80. The van der Waals surface area contributed by atoms with Crippen LogP contribution >= 0.6 is 0 Å². The summed E-state index contributed by atoms with van der Waals surface area (Å²) >= 11 is 0. The number of ether oxygens (including phenoxy) is 2. The highest BCUT2D eigenvalue weighted by Gasteiger charge is 2.25. The van der Waals surface area contributed by atoms with Crippen LogP contribution in [-0.4, -0.2) is 75.1 Å². The molecule has 11 heteroatoms. The van der Waals surface area contributed by atoms with Crippen molar-refractivity contribution < 1.29 is 22.7 Å². The second-order valence-electron chi connectivity index (χ2n) is 6.90. The number of carbonyl (C=O) groups excluding carboxylic acids is 1. The van der Waals surface area contributed by atoms with Gasteiger partial charge in [0.25, 0.3) is 0 Å². The number of benzene rings is 1. The summed E-state index contributed by atoms with van der Waals surface area (Å²) in [5.41, 5.74) is 0. The molecular weight excluding hydrogens is 410 g/mol. The Labute approximate surface area is 174 Å². The first-order valence-corrected chi connectivity index (χ1v) is 11.2. The predicted molar refractivity (Wildman–Crippen MR) is 108 cm³/mol. The van der Waals surface area contributed by atoms with Gasteiger partial charge in [0.1, 0.15) is 0 Å². The quantitative estimate of drug-likeness (QED) is 0.715. The van der Waals surface area contributed by atoms with Crippen LogP contribution in [0.1, 0.15) is 6.42 Å². The molecule has 0 radical (unpaired) electrons. The third-order valence-corrected chi connectivity index (χ3v) is 6.31. The summed E-state index contributed by atoms with van der Waals surface area (Å²) in [5.74, 6) is 1.25. The van der Waals surface area contributed by atoms with Crippen molar-refractivity contribution in [3.8, 4) is 11.5 Å². The van der Waals surface area contributed by atoms with Gasteiger partial charge in [-0.05, 0) is 18.2 Å². The van der Waals surface area contributed by atoms with Crippen molar-refractivity contribution in [3.63, 3.8) is 0 Å². The van der Waals surface area contributed by atoms with E-state index in [2.05, 4.69) is 14.7 Å². The van der Waals surface area contributed by atoms with E-state index in [-0.39, 0.29) is 17.3 Å². The van der Waals surface area contributed by atoms with Gasteiger partial charge in [-0.25, -0.2) is 23.1 Å². The number of rotatable bonds is 5. The zero-order chi connectivity index (χ0) is 21.0. The number of carbonyl (C=O) groups is 1. The van der Waals surface area contributed by atoms with E-state index in [1.807, 2.05) is 4.90 Å². The lowest BCUT2D eigenvalue weighted by atomic mass is 10.3. The number of aromatic nitrogens is 2. The number of nitrogens with one attached hydrogen (secondary N) is 1. The molecule has 0 bridgehead atoms. The molecule has 4 rings (SSSR count). The molecule has 30 heavy (non-hydrogen) atoms. The van der Waals surface area contributed by atoms with Crippen LogP contribution in [0.25, 0.3) is 0 Å². The molecule has 1 saturated heterocycles. The van der Waals surface area contributed by atoms with Crippen LogP contribution in [0.4, 0.5) is 5.95 Å². The summed E-state index contributed by atoms with van der Waals surface area (Å²) in [7, 11) is -3.86. The van der Waals surface area contributed by atoms with Crippen LogP contribution in [0.15, 0.2) is 41.6 Å². The fourth-order valence-electron chi connectivity index (χ4n) is 3.27. The van der Waals surface area contributed by atoms with Crippen LogP contribution in [-0.2, 0) is 14.8 Å². The van der Waals surface area contributed by atoms with Gasteiger partial charge >= 0.3 is 0 Å². The molecule has 0 unspecified atom stereocenters. The lowest BCUT2D eigenvalue weighted by Crippen LogP contribution is -2.51. The number of piperazine rings is 1. The SMILES string of the molecule is O=C(CNS(=O)(=O)c1ccc2c(c1)OCCCO2)N1CCN(c2ncccn2)CC1. The van der Waals surface area contributed by atoms with Crippen molar-refractivity contribution in [3.05, 3.63) is 36.7 Å². The molecule has 0 aliphatic carbocycles. The van der Waals surface area contributed by atoms with Crippen molar-refractivity contribution in [1.82, 2.24) is 19.6 Å². The van der Waals surface area contributed by atoms with E-state index in [4.69, 9.17) is 9.47 Å². The first-order chi connectivity index (χ1) is 14.5. The maximum absolute atomic E-state index is 12.6. The minimum Gasteiger partial charge on any atom is -0.490 e. The fraction of sp³-hybridized carbons (Fsp3) is 0.421. The molecule has 1 fully saturated rings. The summed E-state index contributed by atoms with van der Waals surface area (Å²) in [6, 6.07) is 6.19. The van der Waals surface area contributed by atoms with Gasteiger partial charge in [-0.15, -0.1) is 0 Å². The Hall–Kier alpha value is -2.92. The normalized spacial score (nSPS) is 16.8. The molecule has 0 atom stereocenters. The van der Waals surface area contributed by atoms with E-state index >= 15 is 0 Å². The number of anilines is 1. The van der Waals surface area contributed by atoms with Gasteiger partial charge in [-0.2, -0.15) is 0 Å². The van der Waals surface area contributed by atoms with Crippen molar-refractivity contribution in [2.75, 3.05) is 50.8 Å². The maximum atomic E-state index is 12.6. The number of fused-ring (bicyclic) bond motifs is 1. The monoisotopic (exact) mass is 433 g/mol. The first kappa shape index (κ1) is 20.4. The summed E-state index contributed by atoms with van der Waals surface area (Å²) < 4.78 is 38.7. The first-order valence-electron chi connectivity index (χ1n) is 9.72. The Balaban J connectivity index is 1.33. The smallest absolute Gasteiger partial charge is 0.241 e. The fourth-order valence-corrected chi connectivity index (χ4v) is 4.26. The van der Waals surface area contributed by atoms with E-state index in [0.29, 0.717) is 56.8 Å². The number of nitrogens with zero attached hydrogens (tertiary/aromatic N) is 4. The molecule has 0 saturated carbocycles. The van der Waals surface area contributed by atoms with Crippen molar-refractivity contribution in [2.24, 2.45) is 0 Å². The van der Waals surface area contributed by atoms with Crippen LogP contribution < -0.4 is 19.1 Å². The molecule has 1 aromatic heterocycles. The minimum absolute atomic E-state index is 0.0330. The van der Waals surface area contributed by atoms with Gasteiger partial charge in [0.05, 0.1) is 24.7 Å². The maximum Gasteiger partial charge on any atom is 0.241 e. The van der Waals surface area contributed by atoms with Crippen molar-refractivity contribution in [1.29, 1.82) is 0 Å². The van der Waals surface area contributed by atoms with E-state index in [0.717, 1.165) is 6.42 Å². The average Bonchev–Trinajstić information content (AvgIpc) is 3.03. The third-order valence-electron chi connectivity index (χ3n) is 4.91. The van der Waals surface area contributed by atoms with Gasteiger partial charge < -0.3 is 19.3 Å². The lowest BCUT2D eigenvalue weighted by molar-refractivity contribution is -0.130. The molecule has 160 valence electrons. The Morgan fingerprint density at radius 1 is 1.03 bits per heavy atom. The Bertz CT molecular complexity index is 994. The van der Waals surface area contributed by atoms with Crippen LogP contribution in [0.5, 0.6) is 11.5 Å². The Morgan fingerprint density at radius 2 is 1.73 bits per heavy atom. The van der Waals surface area contributed by atoms with E-state index in [9.17, 15) is 13.2 Å². The van der Waals surface area contributed by atoms with Gasteiger partial charge in [0.2, 0.25) is 21.9 Å². The average molecular weight is 433 g/mol. The van der Waals surface area contributed by atoms with Crippen molar-refractivity contribution >= 4 is 21.9 Å². The molecular formula is C19H23N5O5S. The molecule has 1 N–H and O–H groups in total. The molecule has 10 nitrogen and oxygen atoms in total. The number of hydrogen-bond acceptors (Lipinski definition) is 8. The second kappa shape index (κ2) is 8.84. The largest absolute Gasteiger partial charge is 0.490 e. The zero-order valence-corrected chi connectivity index (χ0v) is 17.2. The molecule has 2 aliphatic rings. The zero-order valence-electron chi connectivity index (χ0n) is 16.4. The standard InChI is InChI=1S/C19H23N5O5S/c25-18(23-7-9-24(10-8-23)19-20-5-1-6-21-19)14-22-30(26,27)15-3-4-16-17(13-15)29-12-2-11-28-16/h1,3-6,13,22H,2,7-12,14H2. The molecule has 0 spiro atoms. The minimum atomic E-state index is -3.86. The van der Waals surface area contributed by atoms with Gasteiger partial charge in [-0.1, -0.05) is 0 Å². The highest BCUT2D eigenvalue weighted by molar-refractivity contribution is 7.89. The van der Waals surface area contributed by atoms with Crippen LogP contribution in [0.2, 0.25) is 0 Å². The van der Waals surface area contributed by atoms with Gasteiger partial charge in [0, 0.05) is 51.1 Å². The van der Waals surface area contributed by atoms with Crippen LogP contribution in [0, 0.1) is 0 Å². The van der Waals surface area contributed by atoms with E-state index in [1.54, 1.807) is 29.4 Å². The molecule has 2 aromatic rings. The summed E-state index contributed by atoms with van der Waals surface area (Å²) in [4.78, 5) is 24.6. The van der Waals surface area contributed by atoms with E-state index < -0.39 is 10.0 Å². The van der Waals surface area contributed by atoms with Crippen LogP contribution in [0.3, 0.4) is 0 Å². The summed E-state index contributed by atoms with van der Waals surface area (Å²) in [5, 5.41) is 0. The van der Waals surface area contributed by atoms with Gasteiger partial charge in [0.15, 0.2) is 11.5 Å². The molecule has 3 heterocycles. The Kier molecular flexibility index (Phi) is 6.00. The highest BCUT2D eigenvalue weighted by atomic mass is 32.2. The van der Waals surface area contributed by atoms with Crippen molar-refractivity contribution in [2.45, 2.75) is 11.3 Å². The second-order valence-corrected chi connectivity index (χ2v) is 8.67. The number of hydrogen-bond donors (Lipinski definition) is 1. The van der Waals surface area contributed by atoms with E-state index in [1.165, 1.54) is 12.1 Å². The third kappa shape index (κ3) is 4.62. The highest BCUT2D eigenvalue weighted by Crippen LogP contribution is 2.31. The molecule has 2 aliphatic heterocycles. The topological polar surface area (TPSA) is 114 Å². The van der Waals surface area contributed by atoms with Gasteiger partial charge in [-0.3, -0.25) is 4.79 Å². The number of sulfonamides is 1. The Morgan fingerprint density at radius 3 is 2.47 bits per heavy atom. The number of amides is 1.